The molecular weight excluding hydrogens is 216 g/mol. The Morgan fingerprint density at radius 3 is 2.76 bits per heavy atom. The van der Waals surface area contributed by atoms with Gasteiger partial charge in [-0.1, -0.05) is 6.92 Å². The van der Waals surface area contributed by atoms with Gasteiger partial charge in [0.1, 0.15) is 0 Å². The third kappa shape index (κ3) is 2.99. The first-order chi connectivity index (χ1) is 8.08. The molecule has 1 heterocycles. The van der Waals surface area contributed by atoms with Crippen LogP contribution in [0.3, 0.4) is 0 Å². The van der Waals surface area contributed by atoms with E-state index in [2.05, 4.69) is 6.92 Å². The first-order valence-corrected chi connectivity index (χ1v) is 6.80. The van der Waals surface area contributed by atoms with Crippen molar-refractivity contribution in [1.82, 2.24) is 4.90 Å². The standard InChI is InChI=1S/C13H24N2O2/c1-9-7-10(4-5-12(9)14)13(17)15-6-2-3-11(16)8-15/h9-12,16H,2-8,14H2,1H3. The number of carbonyl (C=O) groups excluding carboxylic acids is 1. The SMILES string of the molecule is CC1CC(C(=O)N2CCCC(O)C2)CCC1N. The number of β-amino-alcohol motifs (C(OH)–C–C–N with tert-alkyl or cyclic N) is 1. The molecule has 4 heteroatoms. The zero-order chi connectivity index (χ0) is 12.4. The number of aliphatic hydroxyl groups is 1. The Morgan fingerprint density at radius 1 is 1.35 bits per heavy atom. The van der Waals surface area contributed by atoms with Crippen molar-refractivity contribution < 1.29 is 9.90 Å². The number of amides is 1. The van der Waals surface area contributed by atoms with Crippen molar-refractivity contribution in [2.75, 3.05) is 13.1 Å². The van der Waals surface area contributed by atoms with Crippen LogP contribution in [0.5, 0.6) is 0 Å². The highest BCUT2D eigenvalue weighted by molar-refractivity contribution is 5.79. The second-order valence-corrected chi connectivity index (χ2v) is 5.73. The number of nitrogens with two attached hydrogens (primary N) is 1. The van der Waals surface area contributed by atoms with Crippen LogP contribution in [0.2, 0.25) is 0 Å². The first-order valence-electron chi connectivity index (χ1n) is 6.80. The van der Waals surface area contributed by atoms with Gasteiger partial charge in [0.2, 0.25) is 5.91 Å². The lowest BCUT2D eigenvalue weighted by molar-refractivity contribution is -0.140. The quantitative estimate of drug-likeness (QED) is 0.710. The van der Waals surface area contributed by atoms with Crippen LogP contribution in [0.1, 0.15) is 39.0 Å². The molecule has 1 saturated carbocycles. The maximum Gasteiger partial charge on any atom is 0.225 e. The Hall–Kier alpha value is -0.610. The lowest BCUT2D eigenvalue weighted by Gasteiger charge is -2.37. The van der Waals surface area contributed by atoms with Crippen molar-refractivity contribution in [3.63, 3.8) is 0 Å². The molecule has 4 atom stereocenters. The van der Waals surface area contributed by atoms with Crippen LogP contribution in [0.4, 0.5) is 0 Å². The minimum absolute atomic E-state index is 0.134. The summed E-state index contributed by atoms with van der Waals surface area (Å²) < 4.78 is 0. The van der Waals surface area contributed by atoms with E-state index in [-0.39, 0.29) is 24.0 Å². The second-order valence-electron chi connectivity index (χ2n) is 5.73. The van der Waals surface area contributed by atoms with E-state index in [1.165, 1.54) is 0 Å². The van der Waals surface area contributed by atoms with Crippen molar-refractivity contribution >= 4 is 5.91 Å². The smallest absolute Gasteiger partial charge is 0.225 e. The monoisotopic (exact) mass is 240 g/mol. The summed E-state index contributed by atoms with van der Waals surface area (Å²) in [6, 6.07) is 0.256. The predicted molar refractivity (Wildman–Crippen MR) is 66.3 cm³/mol. The molecule has 2 aliphatic rings. The summed E-state index contributed by atoms with van der Waals surface area (Å²) in [6.45, 7) is 3.47. The highest BCUT2D eigenvalue weighted by Crippen LogP contribution is 2.30. The van der Waals surface area contributed by atoms with Crippen molar-refractivity contribution in [3.8, 4) is 0 Å². The summed E-state index contributed by atoms with van der Waals surface area (Å²) in [6.07, 6.45) is 4.21. The van der Waals surface area contributed by atoms with E-state index in [0.29, 0.717) is 12.5 Å². The highest BCUT2D eigenvalue weighted by atomic mass is 16.3. The summed E-state index contributed by atoms with van der Waals surface area (Å²) in [5, 5.41) is 9.61. The van der Waals surface area contributed by atoms with Crippen LogP contribution in [-0.4, -0.2) is 41.1 Å². The average molecular weight is 240 g/mol. The van der Waals surface area contributed by atoms with Gasteiger partial charge in [0.05, 0.1) is 6.10 Å². The van der Waals surface area contributed by atoms with Gasteiger partial charge in [-0.3, -0.25) is 4.79 Å². The van der Waals surface area contributed by atoms with Crippen LogP contribution >= 0.6 is 0 Å². The molecule has 98 valence electrons. The Balaban J connectivity index is 1.91. The van der Waals surface area contributed by atoms with Gasteiger partial charge in [-0.15, -0.1) is 0 Å². The Morgan fingerprint density at radius 2 is 2.12 bits per heavy atom. The van der Waals surface area contributed by atoms with Crippen LogP contribution in [0, 0.1) is 11.8 Å². The van der Waals surface area contributed by atoms with E-state index in [0.717, 1.165) is 38.6 Å². The number of carbonyl (C=O) groups is 1. The minimum atomic E-state index is -0.323. The van der Waals surface area contributed by atoms with E-state index < -0.39 is 0 Å². The summed E-state index contributed by atoms with van der Waals surface area (Å²) in [5.74, 6) is 0.810. The summed E-state index contributed by atoms with van der Waals surface area (Å²) >= 11 is 0. The van der Waals surface area contributed by atoms with Crippen molar-refractivity contribution in [3.05, 3.63) is 0 Å². The maximum absolute atomic E-state index is 12.3. The molecule has 2 fully saturated rings. The van der Waals surface area contributed by atoms with Gasteiger partial charge in [-0.05, 0) is 38.0 Å². The van der Waals surface area contributed by atoms with Crippen LogP contribution in [-0.2, 0) is 4.79 Å². The molecule has 1 saturated heterocycles. The molecular formula is C13H24N2O2. The molecule has 2 rings (SSSR count). The average Bonchev–Trinajstić information content (AvgIpc) is 2.32. The van der Waals surface area contributed by atoms with Gasteiger partial charge in [0, 0.05) is 25.0 Å². The van der Waals surface area contributed by atoms with Crippen LogP contribution in [0.25, 0.3) is 0 Å². The number of rotatable bonds is 1. The largest absolute Gasteiger partial charge is 0.391 e. The lowest BCUT2D eigenvalue weighted by atomic mass is 9.78. The molecule has 0 bridgehead atoms. The number of aliphatic hydroxyl groups excluding tert-OH is 1. The Kier molecular flexibility index (Phi) is 4.05. The normalized spacial score (nSPS) is 39.1. The zero-order valence-corrected chi connectivity index (χ0v) is 10.6. The van der Waals surface area contributed by atoms with Gasteiger partial charge in [-0.25, -0.2) is 0 Å². The summed E-state index contributed by atoms with van der Waals surface area (Å²) in [7, 11) is 0. The molecule has 1 aliphatic carbocycles. The van der Waals surface area contributed by atoms with E-state index in [1.807, 2.05) is 4.90 Å². The summed E-state index contributed by atoms with van der Waals surface area (Å²) in [4.78, 5) is 14.2. The first kappa shape index (κ1) is 12.8. The van der Waals surface area contributed by atoms with E-state index in [4.69, 9.17) is 5.73 Å². The molecule has 4 unspecified atom stereocenters. The highest BCUT2D eigenvalue weighted by Gasteiger charge is 2.33. The third-order valence-corrected chi connectivity index (χ3v) is 4.29. The van der Waals surface area contributed by atoms with E-state index in [1.54, 1.807) is 0 Å². The molecule has 0 radical (unpaired) electrons. The lowest BCUT2D eigenvalue weighted by Crippen LogP contribution is -2.47. The van der Waals surface area contributed by atoms with Crippen LogP contribution < -0.4 is 5.73 Å². The molecule has 0 aromatic heterocycles. The fourth-order valence-corrected chi connectivity index (χ4v) is 3.06. The molecule has 0 aromatic rings. The number of likely N-dealkylation sites (tertiary alicyclic amines) is 1. The second kappa shape index (κ2) is 5.36. The number of hydrogen-bond acceptors (Lipinski definition) is 3. The molecule has 0 aromatic carbocycles. The van der Waals surface area contributed by atoms with Gasteiger partial charge in [-0.2, -0.15) is 0 Å². The number of piperidine rings is 1. The van der Waals surface area contributed by atoms with E-state index in [9.17, 15) is 9.90 Å². The fraction of sp³-hybridized carbons (Fsp3) is 0.923. The number of hydrogen-bond donors (Lipinski definition) is 2. The maximum atomic E-state index is 12.3. The number of nitrogens with zero attached hydrogens (tertiary/aromatic N) is 1. The van der Waals surface area contributed by atoms with E-state index >= 15 is 0 Å². The molecule has 0 spiro atoms. The zero-order valence-electron chi connectivity index (χ0n) is 10.6. The molecule has 4 nitrogen and oxygen atoms in total. The topological polar surface area (TPSA) is 66.6 Å². The van der Waals surface area contributed by atoms with Crippen molar-refractivity contribution in [2.45, 2.75) is 51.2 Å². The Bertz CT molecular complexity index is 283. The van der Waals surface area contributed by atoms with Gasteiger partial charge in [0.15, 0.2) is 0 Å². The van der Waals surface area contributed by atoms with Gasteiger partial charge >= 0.3 is 0 Å². The summed E-state index contributed by atoms with van der Waals surface area (Å²) in [5.41, 5.74) is 5.98. The molecule has 1 aliphatic heterocycles. The van der Waals surface area contributed by atoms with Gasteiger partial charge in [0.25, 0.3) is 0 Å². The molecule has 17 heavy (non-hydrogen) atoms. The third-order valence-electron chi connectivity index (χ3n) is 4.29. The molecule has 3 N–H and O–H groups in total. The van der Waals surface area contributed by atoms with Crippen molar-refractivity contribution in [1.29, 1.82) is 0 Å². The predicted octanol–water partition coefficient (Wildman–Crippen LogP) is 0.733. The van der Waals surface area contributed by atoms with Crippen molar-refractivity contribution in [2.24, 2.45) is 17.6 Å². The minimum Gasteiger partial charge on any atom is -0.391 e. The molecule has 1 amide bonds. The van der Waals surface area contributed by atoms with Crippen LogP contribution in [0.15, 0.2) is 0 Å². The Labute approximate surface area is 103 Å². The van der Waals surface area contributed by atoms with Gasteiger partial charge < -0.3 is 15.7 Å². The fourth-order valence-electron chi connectivity index (χ4n) is 3.06.